The van der Waals surface area contributed by atoms with Crippen molar-refractivity contribution >= 4 is 16.9 Å². The average Bonchev–Trinajstić information content (AvgIpc) is 1.27. The summed E-state index contributed by atoms with van der Waals surface area (Å²) in [4.78, 5) is 8.36. The van der Waals surface area contributed by atoms with Crippen LogP contribution in [0, 0.1) is 0 Å². The van der Waals surface area contributed by atoms with Gasteiger partial charge in [0.15, 0.2) is 0 Å². The molecule has 0 aromatic carbocycles. The first kappa shape index (κ1) is 36.3. The smallest absolute Gasteiger partial charge is 1.00 e. The van der Waals surface area contributed by atoms with Crippen molar-refractivity contribution < 1.29 is 156 Å². The van der Waals surface area contributed by atoms with Gasteiger partial charge in [-0.3, -0.25) is 13.9 Å². The molecule has 0 heterocycles. The molecular weight excluding hydrogens is 298 g/mol. The monoisotopic (exact) mass is 305 g/mol. The third kappa shape index (κ3) is 200. The zero-order valence-corrected chi connectivity index (χ0v) is 14.4. The molecule has 0 aliphatic heterocycles. The molecule has 0 aliphatic carbocycles. The number of hydrogen-bond acceptors (Lipinski definition) is 3. The van der Waals surface area contributed by atoms with Gasteiger partial charge in [0.25, 0.3) is 6.47 Å². The van der Waals surface area contributed by atoms with Gasteiger partial charge in [-0.05, 0) is 0 Å². The molecule has 0 fully saturated rings. The number of carbonyl (C=O) groups is 1. The van der Waals surface area contributed by atoms with Gasteiger partial charge in [-0.2, -0.15) is 8.42 Å². The summed E-state index contributed by atoms with van der Waals surface area (Å²) < 4.78 is 31.6. The van der Waals surface area contributed by atoms with Gasteiger partial charge in [0, 0.05) is 17.1 Å². The minimum atomic E-state index is -4.67. The molecule has 0 rings (SSSR count). The maximum Gasteiger partial charge on any atom is 1.00 e. The molecule has 12 heavy (non-hydrogen) atoms. The molecule has 5 N–H and O–H groups in total. The van der Waals surface area contributed by atoms with E-state index in [9.17, 15) is 0 Å². The van der Waals surface area contributed by atoms with Crippen LogP contribution in [0.2, 0.25) is 0 Å². The first-order valence-corrected chi connectivity index (χ1v) is 2.59. The Morgan fingerprint density at radius 2 is 1.17 bits per heavy atom. The Balaban J connectivity index is -0.00000000626. The Hall–Kier alpha value is 3.09. The summed E-state index contributed by atoms with van der Waals surface area (Å²) in [6.45, 7) is -0.250. The van der Waals surface area contributed by atoms with Crippen molar-refractivity contribution in [3.8, 4) is 0 Å². The van der Waals surface area contributed by atoms with Gasteiger partial charge in [0.1, 0.15) is 0 Å². The Kier molecular flexibility index (Phi) is 71.7. The van der Waals surface area contributed by atoms with Crippen LogP contribution in [0.1, 0.15) is 2.85 Å². The summed E-state index contributed by atoms with van der Waals surface area (Å²) in [5, 5.41) is 6.89. The first-order chi connectivity index (χ1) is 3.41. The SMILES string of the molecule is O.O=CO.O=S(=O)(O)O.[Cu].[H-].[H-].[K+].[K+]. The van der Waals surface area contributed by atoms with Crippen molar-refractivity contribution in [3.05, 3.63) is 0 Å². The van der Waals surface area contributed by atoms with Gasteiger partial charge < -0.3 is 13.4 Å². The third-order valence-corrected chi connectivity index (χ3v) is 0. The summed E-state index contributed by atoms with van der Waals surface area (Å²) in [5.41, 5.74) is 0. The standard InChI is InChI=1S/CH2O2.Cu.2K.H2O4S.H2O.2H/c2-1-3;;;;1-5(2,3)4;;;/h1H,(H,2,3);;;;(H2,1,2,3,4);1H2;;/q;;2*+1;;;2*-1. The van der Waals surface area contributed by atoms with Crippen LogP contribution in [0.25, 0.3) is 0 Å². The zero-order chi connectivity index (χ0) is 7.21. The van der Waals surface area contributed by atoms with Crippen molar-refractivity contribution in [3.63, 3.8) is 0 Å². The fourth-order valence-corrected chi connectivity index (χ4v) is 0. The molecule has 0 atom stereocenters. The van der Waals surface area contributed by atoms with Gasteiger partial charge in [-0.15, -0.1) is 0 Å². The Bertz CT molecular complexity index is 144. The second-order valence-electron chi connectivity index (χ2n) is 0.553. The Morgan fingerprint density at radius 3 is 1.17 bits per heavy atom. The van der Waals surface area contributed by atoms with Crippen molar-refractivity contribution in [2.75, 3.05) is 0 Å². The Morgan fingerprint density at radius 1 is 1.17 bits per heavy atom. The van der Waals surface area contributed by atoms with Gasteiger partial charge in [-0.25, -0.2) is 0 Å². The average molecular weight is 306 g/mol. The van der Waals surface area contributed by atoms with E-state index in [1.807, 2.05) is 0 Å². The predicted molar refractivity (Wildman–Crippen MR) is 28.7 cm³/mol. The van der Waals surface area contributed by atoms with E-state index in [1.165, 1.54) is 0 Å². The van der Waals surface area contributed by atoms with E-state index >= 15 is 0 Å². The van der Waals surface area contributed by atoms with Crippen molar-refractivity contribution in [2.24, 2.45) is 0 Å². The number of hydrogen-bond donors (Lipinski definition) is 3. The van der Waals surface area contributed by atoms with Crippen LogP contribution in [0.4, 0.5) is 0 Å². The maximum atomic E-state index is 8.74. The molecule has 0 saturated carbocycles. The molecule has 0 saturated heterocycles. The van der Waals surface area contributed by atoms with E-state index in [0.29, 0.717) is 0 Å². The minimum absolute atomic E-state index is 0. The van der Waals surface area contributed by atoms with Crippen molar-refractivity contribution in [1.82, 2.24) is 0 Å². The largest absolute Gasteiger partial charge is 1.00 e. The van der Waals surface area contributed by atoms with E-state index in [2.05, 4.69) is 0 Å². The molecule has 7 nitrogen and oxygen atoms in total. The predicted octanol–water partition coefficient (Wildman–Crippen LogP) is -7.55. The van der Waals surface area contributed by atoms with Gasteiger partial charge in [-0.1, -0.05) is 0 Å². The first-order valence-electron chi connectivity index (χ1n) is 1.19. The second-order valence-corrected chi connectivity index (χ2v) is 1.45. The molecular formula is CH8CuK2O7S. The maximum absolute atomic E-state index is 8.74. The topological polar surface area (TPSA) is 143 Å². The fourth-order valence-electron chi connectivity index (χ4n) is 0. The molecule has 73 valence electrons. The van der Waals surface area contributed by atoms with Crippen molar-refractivity contribution in [2.45, 2.75) is 0 Å². The summed E-state index contributed by atoms with van der Waals surface area (Å²) in [5.74, 6) is 0. The van der Waals surface area contributed by atoms with Crippen LogP contribution in [0.3, 0.4) is 0 Å². The summed E-state index contributed by atoms with van der Waals surface area (Å²) in [7, 11) is -4.67. The summed E-state index contributed by atoms with van der Waals surface area (Å²) in [6.07, 6.45) is 0. The molecule has 0 aromatic rings. The third-order valence-electron chi connectivity index (χ3n) is 0. The Labute approximate surface area is 168 Å². The van der Waals surface area contributed by atoms with Crippen LogP contribution < -0.4 is 103 Å². The van der Waals surface area contributed by atoms with Crippen LogP contribution in [0.5, 0.6) is 0 Å². The molecule has 0 aliphatic rings. The van der Waals surface area contributed by atoms with Crippen LogP contribution in [-0.4, -0.2) is 34.6 Å². The quantitative estimate of drug-likeness (QED) is 0.230. The van der Waals surface area contributed by atoms with Crippen LogP contribution in [0.15, 0.2) is 0 Å². The van der Waals surface area contributed by atoms with E-state index in [-0.39, 0.29) is 135 Å². The minimum Gasteiger partial charge on any atom is -1.00 e. The van der Waals surface area contributed by atoms with Crippen LogP contribution >= 0.6 is 0 Å². The molecule has 0 bridgehead atoms. The van der Waals surface area contributed by atoms with Gasteiger partial charge >= 0.3 is 113 Å². The van der Waals surface area contributed by atoms with E-state index < -0.39 is 10.4 Å². The molecule has 0 amide bonds. The molecule has 0 spiro atoms. The molecule has 0 aromatic heterocycles. The summed E-state index contributed by atoms with van der Waals surface area (Å²) >= 11 is 0. The van der Waals surface area contributed by atoms with E-state index in [0.717, 1.165) is 0 Å². The normalized spacial score (nSPS) is 5.83. The molecule has 1 radical (unpaired) electrons. The van der Waals surface area contributed by atoms with Gasteiger partial charge in [0.05, 0.1) is 0 Å². The van der Waals surface area contributed by atoms with Crippen molar-refractivity contribution in [1.29, 1.82) is 0 Å². The fraction of sp³-hybridized carbons (Fsp3) is 0. The second kappa shape index (κ2) is 23.7. The zero-order valence-electron chi connectivity index (χ0n) is 8.35. The van der Waals surface area contributed by atoms with Gasteiger partial charge in [0.2, 0.25) is 0 Å². The number of carboxylic acid groups (broad SMARTS) is 1. The number of rotatable bonds is 0. The summed E-state index contributed by atoms with van der Waals surface area (Å²) in [6, 6.07) is 0. The van der Waals surface area contributed by atoms with E-state index in [4.69, 9.17) is 27.4 Å². The van der Waals surface area contributed by atoms with E-state index in [1.54, 1.807) is 0 Å². The molecule has 11 heteroatoms. The van der Waals surface area contributed by atoms with Crippen LogP contribution in [-0.2, 0) is 32.3 Å². The molecule has 0 unspecified atom stereocenters.